The molecule has 3 fully saturated rings. The summed E-state index contributed by atoms with van der Waals surface area (Å²) >= 11 is 4.01. The zero-order valence-corrected chi connectivity index (χ0v) is 21.5. The number of hydrogen-bond donors (Lipinski definition) is 0. The first-order valence-corrected chi connectivity index (χ1v) is 14.9. The molecule has 3 aliphatic rings. The molecular formula is C28H40F2S2. The maximum atomic E-state index is 14.4. The van der Waals surface area contributed by atoms with E-state index in [-0.39, 0.29) is 5.92 Å². The molecule has 0 amide bonds. The first-order chi connectivity index (χ1) is 15.6. The van der Waals surface area contributed by atoms with Crippen molar-refractivity contribution in [2.24, 2.45) is 23.7 Å². The van der Waals surface area contributed by atoms with E-state index in [4.69, 9.17) is 0 Å². The Morgan fingerprint density at radius 3 is 2.06 bits per heavy atom. The third kappa shape index (κ3) is 5.95. The van der Waals surface area contributed by atoms with Gasteiger partial charge in [-0.15, -0.1) is 23.5 Å². The van der Waals surface area contributed by atoms with E-state index in [2.05, 4.69) is 19.1 Å². The lowest BCUT2D eigenvalue weighted by molar-refractivity contribution is 0.147. The Kier molecular flexibility index (Phi) is 9.07. The van der Waals surface area contributed by atoms with Crippen LogP contribution in [0.25, 0.3) is 0 Å². The number of hydrogen-bond acceptors (Lipinski definition) is 2. The molecule has 1 aromatic carbocycles. The van der Waals surface area contributed by atoms with Crippen molar-refractivity contribution < 1.29 is 8.78 Å². The van der Waals surface area contributed by atoms with Gasteiger partial charge in [0.25, 0.3) is 0 Å². The number of benzene rings is 1. The molecule has 2 saturated carbocycles. The monoisotopic (exact) mass is 478 g/mol. The average Bonchev–Trinajstić information content (AvgIpc) is 2.84. The lowest BCUT2D eigenvalue weighted by Crippen LogP contribution is -2.30. The zero-order chi connectivity index (χ0) is 22.5. The van der Waals surface area contributed by atoms with Gasteiger partial charge in [0.2, 0.25) is 0 Å². The Morgan fingerprint density at radius 2 is 1.44 bits per heavy atom. The molecule has 4 rings (SSSR count). The largest absolute Gasteiger partial charge is 0.203 e. The van der Waals surface area contributed by atoms with Crippen LogP contribution in [0.5, 0.6) is 0 Å². The number of halogens is 2. The zero-order valence-electron chi connectivity index (χ0n) is 19.8. The summed E-state index contributed by atoms with van der Waals surface area (Å²) in [6.07, 6.45) is 18.6. The van der Waals surface area contributed by atoms with Crippen molar-refractivity contribution in [3.63, 3.8) is 0 Å². The maximum absolute atomic E-state index is 14.4. The minimum Gasteiger partial charge on any atom is -0.203 e. The molecule has 0 bridgehead atoms. The van der Waals surface area contributed by atoms with Gasteiger partial charge in [-0.05, 0) is 100 Å². The molecule has 0 nitrogen and oxygen atoms in total. The van der Waals surface area contributed by atoms with Gasteiger partial charge >= 0.3 is 0 Å². The smallest absolute Gasteiger partial charge is 0.162 e. The molecule has 4 heteroatoms. The minimum atomic E-state index is -0.662. The molecule has 1 aliphatic heterocycles. The van der Waals surface area contributed by atoms with Gasteiger partial charge < -0.3 is 0 Å². The van der Waals surface area contributed by atoms with E-state index in [0.717, 1.165) is 35.2 Å². The number of allylic oxidation sites excluding steroid dienone is 2. The van der Waals surface area contributed by atoms with Crippen LogP contribution in [-0.4, -0.2) is 16.1 Å². The van der Waals surface area contributed by atoms with Gasteiger partial charge in [0.15, 0.2) is 11.6 Å². The van der Waals surface area contributed by atoms with Crippen molar-refractivity contribution in [2.45, 2.75) is 88.6 Å². The standard InChI is InChI=1S/C28H40F2S2/c1-3-4-5-6-20-8-10-21(11-9-20)22-12-14-23(15-13-22)28-31-17-24(18-32-28)25-16-7-19(2)26(29)27(25)30/h3-4,7,16,20-24,28H,5-6,8-15,17-18H2,1-2H3. The second-order valence-corrected chi connectivity index (χ2v) is 13.1. The van der Waals surface area contributed by atoms with Crippen molar-refractivity contribution >= 4 is 23.5 Å². The van der Waals surface area contributed by atoms with Crippen molar-refractivity contribution in [1.82, 2.24) is 0 Å². The molecule has 1 aromatic rings. The second-order valence-electron chi connectivity index (χ2n) is 10.4. The van der Waals surface area contributed by atoms with E-state index in [1.807, 2.05) is 23.5 Å². The summed E-state index contributed by atoms with van der Waals surface area (Å²) in [5.74, 6) is 4.41. The van der Waals surface area contributed by atoms with Gasteiger partial charge in [0.1, 0.15) is 0 Å². The van der Waals surface area contributed by atoms with E-state index in [0.29, 0.717) is 15.7 Å². The average molecular weight is 479 g/mol. The highest BCUT2D eigenvalue weighted by Gasteiger charge is 2.36. The fraction of sp³-hybridized carbons (Fsp3) is 0.714. The quantitative estimate of drug-likeness (QED) is 0.374. The third-order valence-electron chi connectivity index (χ3n) is 8.41. The van der Waals surface area contributed by atoms with Crippen molar-refractivity contribution in [3.05, 3.63) is 47.0 Å². The van der Waals surface area contributed by atoms with Crippen LogP contribution in [0.3, 0.4) is 0 Å². The van der Waals surface area contributed by atoms with Crippen LogP contribution >= 0.6 is 23.5 Å². The van der Waals surface area contributed by atoms with Gasteiger partial charge in [-0.1, -0.05) is 37.1 Å². The van der Waals surface area contributed by atoms with Crippen LogP contribution in [0.4, 0.5) is 8.78 Å². The van der Waals surface area contributed by atoms with Crippen molar-refractivity contribution in [1.29, 1.82) is 0 Å². The highest BCUT2D eigenvalue weighted by atomic mass is 32.2. The minimum absolute atomic E-state index is 0.135. The molecule has 0 atom stereocenters. The predicted octanol–water partition coefficient (Wildman–Crippen LogP) is 9.13. The van der Waals surface area contributed by atoms with Gasteiger partial charge in [-0.25, -0.2) is 8.78 Å². The van der Waals surface area contributed by atoms with Gasteiger partial charge in [-0.2, -0.15) is 0 Å². The Balaban J connectivity index is 1.19. The number of aryl methyl sites for hydroxylation is 1. The first-order valence-electron chi connectivity index (χ1n) is 12.9. The lowest BCUT2D eigenvalue weighted by atomic mass is 9.69. The molecule has 0 spiro atoms. The SMILES string of the molecule is CC=CCCC1CCC(C2CCC(C3SCC(c4ccc(C)c(F)c4F)CS3)CC2)CC1. The Labute approximate surface area is 202 Å². The molecule has 0 aromatic heterocycles. The van der Waals surface area contributed by atoms with Gasteiger partial charge in [0, 0.05) is 17.4 Å². The molecule has 0 radical (unpaired) electrons. The van der Waals surface area contributed by atoms with Crippen LogP contribution in [0.1, 0.15) is 88.2 Å². The summed E-state index contributed by atoms with van der Waals surface area (Å²) in [7, 11) is 0. The van der Waals surface area contributed by atoms with Crippen molar-refractivity contribution in [3.8, 4) is 0 Å². The molecule has 2 aliphatic carbocycles. The molecule has 0 N–H and O–H groups in total. The van der Waals surface area contributed by atoms with E-state index < -0.39 is 11.6 Å². The summed E-state index contributed by atoms with van der Waals surface area (Å²) in [6, 6.07) is 3.53. The summed E-state index contributed by atoms with van der Waals surface area (Å²) < 4.78 is 29.1. The Bertz CT molecular complexity index is 753. The highest BCUT2D eigenvalue weighted by molar-refractivity contribution is 8.17. The predicted molar refractivity (Wildman–Crippen MR) is 137 cm³/mol. The normalized spacial score (nSPS) is 34.1. The molecule has 1 heterocycles. The first kappa shape index (κ1) is 24.6. The second kappa shape index (κ2) is 11.8. The fourth-order valence-electron chi connectivity index (χ4n) is 6.28. The third-order valence-corrected chi connectivity index (χ3v) is 11.8. The van der Waals surface area contributed by atoms with Gasteiger partial charge in [0.05, 0.1) is 4.58 Å². The highest BCUT2D eigenvalue weighted by Crippen LogP contribution is 2.49. The summed E-state index contributed by atoms with van der Waals surface area (Å²) in [5, 5.41) is 0. The van der Waals surface area contributed by atoms with E-state index in [1.165, 1.54) is 64.2 Å². The number of rotatable bonds is 6. The Morgan fingerprint density at radius 1 is 0.844 bits per heavy atom. The van der Waals surface area contributed by atoms with Crippen LogP contribution in [0, 0.1) is 42.2 Å². The molecule has 1 saturated heterocycles. The number of thioether (sulfide) groups is 2. The van der Waals surface area contributed by atoms with E-state index in [1.54, 1.807) is 19.1 Å². The van der Waals surface area contributed by atoms with E-state index >= 15 is 0 Å². The fourth-order valence-corrected chi connectivity index (χ4v) is 9.81. The summed E-state index contributed by atoms with van der Waals surface area (Å²) in [6.45, 7) is 3.76. The van der Waals surface area contributed by atoms with Crippen LogP contribution in [0.2, 0.25) is 0 Å². The molecule has 178 valence electrons. The van der Waals surface area contributed by atoms with Gasteiger partial charge in [-0.3, -0.25) is 0 Å². The summed E-state index contributed by atoms with van der Waals surface area (Å²) in [4.78, 5) is 0. The van der Waals surface area contributed by atoms with Crippen LogP contribution in [-0.2, 0) is 0 Å². The molecule has 32 heavy (non-hydrogen) atoms. The Hall–Kier alpha value is -0.480. The maximum Gasteiger partial charge on any atom is 0.162 e. The lowest BCUT2D eigenvalue weighted by Gasteiger charge is -2.41. The van der Waals surface area contributed by atoms with Crippen molar-refractivity contribution in [2.75, 3.05) is 11.5 Å². The van der Waals surface area contributed by atoms with Crippen LogP contribution < -0.4 is 0 Å². The molecule has 0 unspecified atom stereocenters. The topological polar surface area (TPSA) is 0 Å². The summed E-state index contributed by atoms with van der Waals surface area (Å²) in [5.41, 5.74) is 0.982. The molecular weight excluding hydrogens is 438 g/mol. The van der Waals surface area contributed by atoms with Crippen LogP contribution in [0.15, 0.2) is 24.3 Å². The van der Waals surface area contributed by atoms with E-state index in [9.17, 15) is 8.78 Å².